The molecule has 206 valence electrons. The molecule has 1 unspecified atom stereocenters. The van der Waals surface area contributed by atoms with E-state index in [1.54, 1.807) is 13.2 Å². The molecule has 1 heterocycles. The third kappa shape index (κ3) is 6.58. The van der Waals surface area contributed by atoms with Crippen LogP contribution in [0.5, 0.6) is 5.75 Å². The van der Waals surface area contributed by atoms with Crippen molar-refractivity contribution in [1.82, 2.24) is 4.90 Å². The fourth-order valence-corrected chi connectivity index (χ4v) is 6.62. The molecular weight excluding hydrogens is 466 g/mol. The van der Waals surface area contributed by atoms with Gasteiger partial charge in [0, 0.05) is 25.6 Å². The van der Waals surface area contributed by atoms with Gasteiger partial charge in [0.2, 0.25) is 0 Å². The number of nitrogens with zero attached hydrogens (tertiary/aromatic N) is 1. The highest BCUT2D eigenvalue weighted by Gasteiger charge is 2.67. The molecule has 0 amide bonds. The van der Waals surface area contributed by atoms with Gasteiger partial charge in [0.25, 0.3) is 0 Å². The summed E-state index contributed by atoms with van der Waals surface area (Å²) in [5, 5.41) is 0. The first-order valence-corrected chi connectivity index (χ1v) is 14.1. The van der Waals surface area contributed by atoms with Crippen molar-refractivity contribution in [3.63, 3.8) is 0 Å². The highest BCUT2D eigenvalue weighted by Crippen LogP contribution is 2.64. The first-order valence-electron chi connectivity index (χ1n) is 14.1. The molecule has 0 bridgehead atoms. The van der Waals surface area contributed by atoms with Gasteiger partial charge in [0.05, 0.1) is 12.2 Å². The summed E-state index contributed by atoms with van der Waals surface area (Å²) >= 11 is 0. The molecule has 0 N–H and O–H groups in total. The third-order valence-corrected chi connectivity index (χ3v) is 9.03. The van der Waals surface area contributed by atoms with Crippen LogP contribution in [0.1, 0.15) is 64.9 Å². The highest BCUT2D eigenvalue weighted by atomic mass is 16.6. The summed E-state index contributed by atoms with van der Waals surface area (Å²) in [6.45, 7) is 9.35. The summed E-state index contributed by atoms with van der Waals surface area (Å²) in [6.07, 6.45) is 9.62. The fourth-order valence-electron chi connectivity index (χ4n) is 6.62. The third-order valence-electron chi connectivity index (χ3n) is 9.03. The van der Waals surface area contributed by atoms with Gasteiger partial charge in [-0.25, -0.2) is 4.79 Å². The molecule has 1 spiro atoms. The number of rotatable bonds is 12. The minimum absolute atomic E-state index is 0.0962. The maximum Gasteiger partial charge on any atom is 0.331 e. The molecule has 1 aromatic carbocycles. The molecule has 3 aliphatic rings. The molecular formula is C31H47NO5. The minimum Gasteiger partial charge on any atom is -0.492 e. The Morgan fingerprint density at radius 1 is 1.19 bits per heavy atom. The molecule has 1 saturated heterocycles. The maximum absolute atomic E-state index is 12.9. The fraction of sp³-hybridized carbons (Fsp3) is 0.710. The monoisotopic (exact) mass is 513 g/mol. The van der Waals surface area contributed by atoms with Crippen LogP contribution in [0.15, 0.2) is 30.3 Å². The Labute approximate surface area is 223 Å². The number of carbonyl (C=O) groups is 1. The number of methoxy groups -OCH3 is 1. The lowest BCUT2D eigenvalue weighted by Crippen LogP contribution is -2.60. The molecule has 6 nitrogen and oxygen atoms in total. The zero-order chi connectivity index (χ0) is 26.6. The highest BCUT2D eigenvalue weighted by molar-refractivity contribution is 5.87. The molecule has 0 aromatic heterocycles. The smallest absolute Gasteiger partial charge is 0.331 e. The van der Waals surface area contributed by atoms with Crippen LogP contribution in [0.2, 0.25) is 0 Å². The Hall–Kier alpha value is -1.89. The number of carbonyl (C=O) groups excluding carboxylic acids is 1. The van der Waals surface area contributed by atoms with E-state index < -0.39 is 0 Å². The van der Waals surface area contributed by atoms with E-state index in [-0.39, 0.29) is 35.1 Å². The van der Waals surface area contributed by atoms with Crippen molar-refractivity contribution in [2.24, 2.45) is 23.2 Å². The summed E-state index contributed by atoms with van der Waals surface area (Å²) in [5.74, 6) is 2.16. The average molecular weight is 514 g/mol. The summed E-state index contributed by atoms with van der Waals surface area (Å²) < 4.78 is 24.0. The van der Waals surface area contributed by atoms with Crippen LogP contribution >= 0.6 is 0 Å². The van der Waals surface area contributed by atoms with Crippen LogP contribution in [0.4, 0.5) is 0 Å². The summed E-state index contributed by atoms with van der Waals surface area (Å²) in [5.41, 5.74) is 1.01. The zero-order valence-electron chi connectivity index (χ0n) is 23.7. The van der Waals surface area contributed by atoms with E-state index in [1.165, 1.54) is 31.8 Å². The lowest BCUT2D eigenvalue weighted by Gasteiger charge is -2.58. The molecule has 6 atom stereocenters. The lowest BCUT2D eigenvalue weighted by molar-refractivity contribution is -0.190. The summed E-state index contributed by atoms with van der Waals surface area (Å²) in [7, 11) is 5.81. The molecule has 1 aromatic rings. The second kappa shape index (κ2) is 11.9. The van der Waals surface area contributed by atoms with Crippen molar-refractivity contribution >= 4 is 12.0 Å². The first kappa shape index (κ1) is 28.1. The van der Waals surface area contributed by atoms with E-state index in [4.69, 9.17) is 18.9 Å². The number of hydrogen-bond donors (Lipinski definition) is 0. The molecule has 6 heteroatoms. The zero-order valence-corrected chi connectivity index (χ0v) is 23.7. The largest absolute Gasteiger partial charge is 0.492 e. The van der Waals surface area contributed by atoms with Gasteiger partial charge in [-0.1, -0.05) is 39.3 Å². The normalized spacial score (nSPS) is 33.2. The maximum atomic E-state index is 12.9. The molecule has 1 aliphatic heterocycles. The second-order valence-corrected chi connectivity index (χ2v) is 12.3. The predicted octanol–water partition coefficient (Wildman–Crippen LogP) is 5.60. The van der Waals surface area contributed by atoms with E-state index in [2.05, 4.69) is 25.7 Å². The first-order chi connectivity index (χ1) is 17.7. The minimum atomic E-state index is -0.320. The van der Waals surface area contributed by atoms with Crippen LogP contribution in [-0.4, -0.2) is 69.6 Å². The Bertz CT molecular complexity index is 922. The Balaban J connectivity index is 1.37. The number of ether oxygens (including phenoxy) is 4. The standard InChI is InChI=1S/C31H47NO5/c1-22(2)7-11-24-15-17-30(24,3)29-28(34-6)26(16-18-31(29)21-36-31)37-27(33)14-10-23-8-12-25(13-9-23)35-20-19-32(4)5/h8-10,12-14,22,24,26,28-29H,7,11,15-21H2,1-6H3/b14-10+/t24-,26+,28+,29+,30-,31?/m0/s1. The second-order valence-electron chi connectivity index (χ2n) is 12.3. The summed E-state index contributed by atoms with van der Waals surface area (Å²) in [6, 6.07) is 7.76. The van der Waals surface area contributed by atoms with Crippen molar-refractivity contribution in [3.8, 4) is 5.75 Å². The topological polar surface area (TPSA) is 60.5 Å². The SMILES string of the molecule is CO[C@@H]1[C@H](OC(=O)/C=C/c2ccc(OCCN(C)C)cc2)CCC2(CO2)[C@H]1[C@@]1(C)CC[C@@H]1CCC(C)C. The van der Waals surface area contributed by atoms with Crippen LogP contribution in [-0.2, 0) is 19.0 Å². The number of epoxide rings is 1. The van der Waals surface area contributed by atoms with Gasteiger partial charge in [-0.3, -0.25) is 0 Å². The van der Waals surface area contributed by atoms with Gasteiger partial charge in [0.15, 0.2) is 0 Å². The predicted molar refractivity (Wildman–Crippen MR) is 147 cm³/mol. The van der Waals surface area contributed by atoms with Gasteiger partial charge < -0.3 is 23.8 Å². The van der Waals surface area contributed by atoms with Crippen LogP contribution in [0.25, 0.3) is 6.08 Å². The molecule has 3 fully saturated rings. The van der Waals surface area contributed by atoms with Crippen LogP contribution < -0.4 is 4.74 Å². The van der Waals surface area contributed by atoms with Crippen LogP contribution in [0.3, 0.4) is 0 Å². The van der Waals surface area contributed by atoms with Gasteiger partial charge in [0.1, 0.15) is 24.6 Å². The van der Waals surface area contributed by atoms with Gasteiger partial charge in [-0.05, 0) is 87.2 Å². The molecule has 37 heavy (non-hydrogen) atoms. The van der Waals surface area contributed by atoms with Crippen molar-refractivity contribution in [2.45, 2.75) is 77.1 Å². The molecule has 0 radical (unpaired) electrons. The number of benzene rings is 1. The van der Waals surface area contributed by atoms with Gasteiger partial charge >= 0.3 is 5.97 Å². The summed E-state index contributed by atoms with van der Waals surface area (Å²) in [4.78, 5) is 14.9. The average Bonchev–Trinajstić information content (AvgIpc) is 3.62. The van der Waals surface area contributed by atoms with E-state index in [0.717, 1.165) is 37.3 Å². The molecule has 4 rings (SSSR count). The lowest BCUT2D eigenvalue weighted by atomic mass is 9.48. The number of esters is 1. The molecule has 2 saturated carbocycles. The Morgan fingerprint density at radius 3 is 2.49 bits per heavy atom. The van der Waals surface area contributed by atoms with E-state index >= 15 is 0 Å². The van der Waals surface area contributed by atoms with Gasteiger partial charge in [-0.15, -0.1) is 0 Å². The number of likely N-dealkylation sites (N-methyl/N-ethyl adjacent to an activating group) is 1. The van der Waals surface area contributed by atoms with E-state index in [0.29, 0.717) is 18.4 Å². The van der Waals surface area contributed by atoms with Crippen molar-refractivity contribution in [3.05, 3.63) is 35.9 Å². The van der Waals surface area contributed by atoms with E-state index in [9.17, 15) is 4.79 Å². The Morgan fingerprint density at radius 2 is 1.92 bits per heavy atom. The van der Waals surface area contributed by atoms with E-state index in [1.807, 2.05) is 38.4 Å². The number of hydrogen-bond acceptors (Lipinski definition) is 6. The molecule has 2 aliphatic carbocycles. The van der Waals surface area contributed by atoms with Crippen molar-refractivity contribution in [2.75, 3.05) is 41.0 Å². The quantitative estimate of drug-likeness (QED) is 0.206. The van der Waals surface area contributed by atoms with Crippen molar-refractivity contribution < 1.29 is 23.7 Å². The Kier molecular flexibility index (Phi) is 9.03. The van der Waals surface area contributed by atoms with Crippen LogP contribution in [0, 0.1) is 23.2 Å². The van der Waals surface area contributed by atoms with Gasteiger partial charge in [-0.2, -0.15) is 0 Å². The van der Waals surface area contributed by atoms with Crippen molar-refractivity contribution in [1.29, 1.82) is 0 Å².